The van der Waals surface area contributed by atoms with Gasteiger partial charge >= 0.3 is 0 Å². The molecule has 0 bridgehead atoms. The normalized spacial score (nSPS) is 22.3. The van der Waals surface area contributed by atoms with E-state index in [9.17, 15) is 9.59 Å². The highest BCUT2D eigenvalue weighted by Crippen LogP contribution is 2.34. The standard InChI is InChI=1S/C17H20Cl2N2O2/c18-13-5-6-14(19)15(10-13)21-11-12(9-16(21)22)17(23)20-7-3-1-2-4-8-20/h5-6,10,12H,1-4,7-9,11H2. The number of carbonyl (C=O) groups is 2. The van der Waals surface area contributed by atoms with Crippen molar-refractivity contribution in [3.63, 3.8) is 0 Å². The van der Waals surface area contributed by atoms with Gasteiger partial charge in [0.15, 0.2) is 0 Å². The first-order chi connectivity index (χ1) is 11.1. The third-order valence-corrected chi connectivity index (χ3v) is 5.15. The van der Waals surface area contributed by atoms with E-state index >= 15 is 0 Å². The first-order valence-electron chi connectivity index (χ1n) is 8.10. The lowest BCUT2D eigenvalue weighted by Gasteiger charge is -2.24. The number of benzene rings is 1. The Morgan fingerprint density at radius 2 is 1.78 bits per heavy atom. The van der Waals surface area contributed by atoms with Crippen molar-refractivity contribution in [1.82, 2.24) is 4.90 Å². The Kier molecular flexibility index (Phi) is 5.12. The van der Waals surface area contributed by atoms with Crippen molar-refractivity contribution in [3.8, 4) is 0 Å². The third kappa shape index (κ3) is 3.64. The van der Waals surface area contributed by atoms with Crippen molar-refractivity contribution in [2.75, 3.05) is 24.5 Å². The van der Waals surface area contributed by atoms with Crippen molar-refractivity contribution < 1.29 is 9.59 Å². The fourth-order valence-corrected chi connectivity index (χ4v) is 3.73. The van der Waals surface area contributed by atoms with Crippen molar-refractivity contribution in [1.29, 1.82) is 0 Å². The molecule has 0 aromatic heterocycles. The smallest absolute Gasteiger partial charge is 0.228 e. The van der Waals surface area contributed by atoms with Gasteiger partial charge < -0.3 is 9.80 Å². The minimum absolute atomic E-state index is 0.0673. The van der Waals surface area contributed by atoms with Crippen molar-refractivity contribution >= 4 is 40.7 Å². The van der Waals surface area contributed by atoms with Crippen LogP contribution >= 0.6 is 23.2 Å². The number of hydrogen-bond acceptors (Lipinski definition) is 2. The Morgan fingerprint density at radius 3 is 2.48 bits per heavy atom. The van der Waals surface area contributed by atoms with Crippen LogP contribution in [0.15, 0.2) is 18.2 Å². The van der Waals surface area contributed by atoms with Crippen molar-refractivity contribution in [2.45, 2.75) is 32.1 Å². The quantitative estimate of drug-likeness (QED) is 0.811. The molecule has 6 heteroatoms. The van der Waals surface area contributed by atoms with E-state index in [0.717, 1.165) is 25.9 Å². The molecule has 2 heterocycles. The highest BCUT2D eigenvalue weighted by molar-refractivity contribution is 6.35. The van der Waals surface area contributed by atoms with Crippen LogP contribution in [0.25, 0.3) is 0 Å². The molecule has 1 aromatic rings. The van der Waals surface area contributed by atoms with Crippen molar-refractivity contribution in [3.05, 3.63) is 28.2 Å². The van der Waals surface area contributed by atoms with E-state index < -0.39 is 0 Å². The predicted molar refractivity (Wildman–Crippen MR) is 92.0 cm³/mol. The molecule has 0 spiro atoms. The van der Waals surface area contributed by atoms with Gasteiger partial charge in [-0.2, -0.15) is 0 Å². The maximum atomic E-state index is 12.7. The lowest BCUT2D eigenvalue weighted by Crippen LogP contribution is -2.38. The number of anilines is 1. The van der Waals surface area contributed by atoms with Crippen LogP contribution in [0.4, 0.5) is 5.69 Å². The maximum Gasteiger partial charge on any atom is 0.228 e. The molecule has 1 atom stereocenters. The third-order valence-electron chi connectivity index (χ3n) is 4.59. The van der Waals surface area contributed by atoms with Crippen LogP contribution < -0.4 is 4.90 Å². The first-order valence-corrected chi connectivity index (χ1v) is 8.86. The minimum atomic E-state index is -0.282. The summed E-state index contributed by atoms with van der Waals surface area (Å²) in [5.74, 6) is -0.251. The fraction of sp³-hybridized carbons (Fsp3) is 0.529. The lowest BCUT2D eigenvalue weighted by atomic mass is 10.1. The number of amides is 2. The zero-order chi connectivity index (χ0) is 16.4. The number of nitrogens with zero attached hydrogens (tertiary/aromatic N) is 2. The van der Waals surface area contributed by atoms with Crippen LogP contribution in [0.5, 0.6) is 0 Å². The van der Waals surface area contributed by atoms with Gasteiger partial charge in [-0.25, -0.2) is 0 Å². The van der Waals surface area contributed by atoms with E-state index in [2.05, 4.69) is 0 Å². The Hall–Kier alpha value is -1.26. The molecular formula is C17H20Cl2N2O2. The molecule has 2 amide bonds. The van der Waals surface area contributed by atoms with Crippen LogP contribution in [-0.4, -0.2) is 36.3 Å². The molecule has 0 saturated carbocycles. The van der Waals surface area contributed by atoms with Gasteiger partial charge in [-0.3, -0.25) is 9.59 Å². The highest BCUT2D eigenvalue weighted by atomic mass is 35.5. The van der Waals surface area contributed by atoms with E-state index in [1.165, 1.54) is 12.8 Å². The van der Waals surface area contributed by atoms with Crippen LogP contribution in [0, 0.1) is 5.92 Å². The van der Waals surface area contributed by atoms with Crippen LogP contribution in [0.1, 0.15) is 32.1 Å². The minimum Gasteiger partial charge on any atom is -0.342 e. The summed E-state index contributed by atoms with van der Waals surface area (Å²) < 4.78 is 0. The number of carbonyl (C=O) groups excluding carboxylic acids is 2. The van der Waals surface area contributed by atoms with Gasteiger partial charge in [0.1, 0.15) is 0 Å². The summed E-state index contributed by atoms with van der Waals surface area (Å²) in [5, 5.41) is 1.00. The van der Waals surface area contributed by atoms with Gasteiger partial charge in [-0.05, 0) is 31.0 Å². The monoisotopic (exact) mass is 354 g/mol. The summed E-state index contributed by atoms with van der Waals surface area (Å²) in [6, 6.07) is 5.05. The van der Waals surface area contributed by atoms with Gasteiger partial charge in [-0.1, -0.05) is 36.0 Å². The fourth-order valence-electron chi connectivity index (χ4n) is 3.35. The Labute approximate surface area is 146 Å². The summed E-state index contributed by atoms with van der Waals surface area (Å²) in [4.78, 5) is 28.6. The van der Waals surface area contributed by atoms with Crippen LogP contribution in [0.3, 0.4) is 0 Å². The zero-order valence-corrected chi connectivity index (χ0v) is 14.4. The molecule has 3 rings (SSSR count). The first kappa shape index (κ1) is 16.6. The lowest BCUT2D eigenvalue weighted by molar-refractivity contribution is -0.135. The molecule has 1 aromatic carbocycles. The topological polar surface area (TPSA) is 40.6 Å². The molecule has 2 aliphatic heterocycles. The van der Waals surface area contributed by atoms with E-state index in [1.54, 1.807) is 23.1 Å². The largest absolute Gasteiger partial charge is 0.342 e. The molecular weight excluding hydrogens is 335 g/mol. The van der Waals surface area contributed by atoms with Gasteiger partial charge in [0.2, 0.25) is 11.8 Å². The summed E-state index contributed by atoms with van der Waals surface area (Å²) >= 11 is 12.2. The SMILES string of the molecule is O=C(C1CC(=O)N(c2cc(Cl)ccc2Cl)C1)N1CCCCCC1. The molecule has 2 aliphatic rings. The maximum absolute atomic E-state index is 12.7. The van der Waals surface area contributed by atoms with Gasteiger partial charge in [0, 0.05) is 31.1 Å². The second kappa shape index (κ2) is 7.10. The molecule has 124 valence electrons. The van der Waals surface area contributed by atoms with Gasteiger partial charge in [0.05, 0.1) is 16.6 Å². The summed E-state index contributed by atoms with van der Waals surface area (Å²) in [6.07, 6.45) is 4.71. The highest BCUT2D eigenvalue weighted by Gasteiger charge is 2.37. The summed E-state index contributed by atoms with van der Waals surface area (Å²) in [5.41, 5.74) is 0.593. The van der Waals surface area contributed by atoms with Gasteiger partial charge in [-0.15, -0.1) is 0 Å². The van der Waals surface area contributed by atoms with Crippen molar-refractivity contribution in [2.24, 2.45) is 5.92 Å². The van der Waals surface area contributed by atoms with E-state index in [1.807, 2.05) is 4.90 Å². The second-order valence-electron chi connectivity index (χ2n) is 6.24. The van der Waals surface area contributed by atoms with Crippen LogP contribution in [-0.2, 0) is 9.59 Å². The zero-order valence-electron chi connectivity index (χ0n) is 12.9. The molecule has 0 radical (unpaired) electrons. The number of hydrogen-bond donors (Lipinski definition) is 0. The number of rotatable bonds is 2. The molecule has 4 nitrogen and oxygen atoms in total. The predicted octanol–water partition coefficient (Wildman–Crippen LogP) is 3.75. The number of halogens is 2. The Balaban J connectivity index is 1.74. The molecule has 23 heavy (non-hydrogen) atoms. The molecule has 1 unspecified atom stereocenters. The average Bonchev–Trinajstić information content (AvgIpc) is 2.75. The van der Waals surface area contributed by atoms with E-state index in [4.69, 9.17) is 23.2 Å². The molecule has 0 N–H and O–H groups in total. The second-order valence-corrected chi connectivity index (χ2v) is 7.08. The van der Waals surface area contributed by atoms with E-state index in [-0.39, 0.29) is 24.2 Å². The summed E-state index contributed by atoms with van der Waals surface area (Å²) in [7, 11) is 0. The molecule has 2 fully saturated rings. The average molecular weight is 355 g/mol. The number of likely N-dealkylation sites (tertiary alicyclic amines) is 1. The van der Waals surface area contributed by atoms with E-state index in [0.29, 0.717) is 22.3 Å². The summed E-state index contributed by atoms with van der Waals surface area (Å²) in [6.45, 7) is 2.00. The molecule has 2 saturated heterocycles. The van der Waals surface area contributed by atoms with Gasteiger partial charge in [0.25, 0.3) is 0 Å². The molecule has 0 aliphatic carbocycles. The van der Waals surface area contributed by atoms with Crippen LogP contribution in [0.2, 0.25) is 10.0 Å². The Morgan fingerprint density at radius 1 is 1.09 bits per heavy atom. The Bertz CT molecular complexity index is 613.